The molecule has 0 aromatic heterocycles. The molecule has 0 saturated carbocycles. The van der Waals surface area contributed by atoms with Crippen molar-refractivity contribution in [2.45, 2.75) is 26.1 Å². The number of alkyl halides is 3. The first-order chi connectivity index (χ1) is 11.8. The van der Waals surface area contributed by atoms with Gasteiger partial charge in [-0.3, -0.25) is 4.79 Å². The van der Waals surface area contributed by atoms with Crippen LogP contribution in [0.1, 0.15) is 23.6 Å². The molecular formula is C19H20F3NO2. The zero-order valence-electron chi connectivity index (χ0n) is 14.1. The first kappa shape index (κ1) is 18.8. The Morgan fingerprint density at radius 2 is 1.64 bits per heavy atom. The van der Waals surface area contributed by atoms with Crippen molar-refractivity contribution in [2.24, 2.45) is 0 Å². The van der Waals surface area contributed by atoms with Crippen LogP contribution >= 0.6 is 0 Å². The summed E-state index contributed by atoms with van der Waals surface area (Å²) in [6.07, 6.45) is -3.68. The van der Waals surface area contributed by atoms with Gasteiger partial charge < -0.3 is 9.64 Å². The molecule has 2 rings (SSSR count). The molecule has 0 atom stereocenters. The number of para-hydroxylation sites is 1. The minimum Gasteiger partial charge on any atom is -0.483 e. The lowest BCUT2D eigenvalue weighted by atomic mass is 10.1. The Morgan fingerprint density at radius 1 is 1.04 bits per heavy atom. The quantitative estimate of drug-likeness (QED) is 0.776. The molecular weight excluding hydrogens is 331 g/mol. The predicted molar refractivity (Wildman–Crippen MR) is 89.2 cm³/mol. The summed E-state index contributed by atoms with van der Waals surface area (Å²) < 4.78 is 44.6. The number of nitrogens with zero attached hydrogens (tertiary/aromatic N) is 1. The molecule has 0 aliphatic carbocycles. The van der Waals surface area contributed by atoms with Crippen molar-refractivity contribution in [2.75, 3.05) is 13.7 Å². The third-order valence-electron chi connectivity index (χ3n) is 3.86. The number of rotatable bonds is 6. The van der Waals surface area contributed by atoms with Gasteiger partial charge in [0.2, 0.25) is 0 Å². The Hall–Kier alpha value is -2.50. The molecule has 0 spiro atoms. The van der Waals surface area contributed by atoms with E-state index in [4.69, 9.17) is 4.74 Å². The van der Waals surface area contributed by atoms with Gasteiger partial charge in [-0.2, -0.15) is 13.2 Å². The topological polar surface area (TPSA) is 29.5 Å². The fourth-order valence-corrected chi connectivity index (χ4v) is 2.46. The van der Waals surface area contributed by atoms with Crippen LogP contribution in [0.4, 0.5) is 13.2 Å². The lowest BCUT2D eigenvalue weighted by molar-refractivity contribution is -0.140. The molecule has 1 amide bonds. The van der Waals surface area contributed by atoms with E-state index in [2.05, 4.69) is 0 Å². The van der Waals surface area contributed by atoms with Crippen LogP contribution in [-0.4, -0.2) is 24.5 Å². The van der Waals surface area contributed by atoms with Gasteiger partial charge in [-0.1, -0.05) is 43.3 Å². The molecule has 134 valence electrons. The van der Waals surface area contributed by atoms with Crippen LogP contribution in [0, 0.1) is 0 Å². The molecule has 0 fully saturated rings. The highest BCUT2D eigenvalue weighted by Gasteiger charge is 2.33. The van der Waals surface area contributed by atoms with Gasteiger partial charge in [0.25, 0.3) is 5.91 Å². The van der Waals surface area contributed by atoms with Crippen LogP contribution in [0.15, 0.2) is 48.5 Å². The Balaban J connectivity index is 2.02. The summed E-state index contributed by atoms with van der Waals surface area (Å²) >= 11 is 0. The van der Waals surface area contributed by atoms with E-state index >= 15 is 0 Å². The third kappa shape index (κ3) is 4.98. The fraction of sp³-hybridized carbons (Fsp3) is 0.316. The third-order valence-corrected chi connectivity index (χ3v) is 3.86. The van der Waals surface area contributed by atoms with Crippen LogP contribution in [0.5, 0.6) is 5.75 Å². The first-order valence-corrected chi connectivity index (χ1v) is 7.92. The predicted octanol–water partition coefficient (Wildman–Crippen LogP) is 4.31. The number of hydrogen-bond acceptors (Lipinski definition) is 2. The van der Waals surface area contributed by atoms with Crippen molar-refractivity contribution in [1.82, 2.24) is 4.90 Å². The Kier molecular flexibility index (Phi) is 6.07. The highest BCUT2D eigenvalue weighted by molar-refractivity contribution is 5.77. The van der Waals surface area contributed by atoms with Crippen LogP contribution in [0.3, 0.4) is 0 Å². The monoisotopic (exact) mass is 351 g/mol. The highest BCUT2D eigenvalue weighted by atomic mass is 19.4. The van der Waals surface area contributed by atoms with Gasteiger partial charge >= 0.3 is 6.18 Å². The molecule has 0 unspecified atom stereocenters. The molecule has 3 nitrogen and oxygen atoms in total. The average molecular weight is 351 g/mol. The van der Waals surface area contributed by atoms with Crippen molar-refractivity contribution in [3.8, 4) is 5.75 Å². The summed E-state index contributed by atoms with van der Waals surface area (Å²) in [7, 11) is 1.46. The number of ether oxygens (including phenoxy) is 1. The summed E-state index contributed by atoms with van der Waals surface area (Å²) in [4.78, 5) is 13.4. The van der Waals surface area contributed by atoms with E-state index in [1.54, 1.807) is 6.07 Å². The van der Waals surface area contributed by atoms with E-state index in [0.29, 0.717) is 5.75 Å². The molecule has 0 bridgehead atoms. The Labute approximate surface area is 145 Å². The lowest BCUT2D eigenvalue weighted by Gasteiger charge is -2.20. The van der Waals surface area contributed by atoms with Gasteiger partial charge in [0.1, 0.15) is 5.75 Å². The van der Waals surface area contributed by atoms with Gasteiger partial charge in [0, 0.05) is 13.6 Å². The van der Waals surface area contributed by atoms with Gasteiger partial charge in [-0.15, -0.1) is 0 Å². The van der Waals surface area contributed by atoms with Gasteiger partial charge in [-0.25, -0.2) is 0 Å². The minimum absolute atomic E-state index is 0.0554. The molecule has 0 aliphatic rings. The maximum absolute atomic E-state index is 13.0. The molecule has 2 aromatic carbocycles. The van der Waals surface area contributed by atoms with E-state index in [1.165, 1.54) is 30.1 Å². The normalized spacial score (nSPS) is 11.2. The second kappa shape index (κ2) is 8.05. The molecule has 25 heavy (non-hydrogen) atoms. The SMILES string of the molecule is CCc1ccccc1OCC(=O)N(C)Cc1ccccc1C(F)(F)F. The van der Waals surface area contributed by atoms with Crippen molar-refractivity contribution in [1.29, 1.82) is 0 Å². The second-order valence-electron chi connectivity index (χ2n) is 5.65. The minimum atomic E-state index is -4.45. The van der Waals surface area contributed by atoms with E-state index in [9.17, 15) is 18.0 Å². The summed E-state index contributed by atoms with van der Waals surface area (Å²) in [5, 5.41) is 0. The lowest BCUT2D eigenvalue weighted by Crippen LogP contribution is -2.31. The van der Waals surface area contributed by atoms with Crippen LogP contribution in [-0.2, 0) is 23.9 Å². The zero-order chi connectivity index (χ0) is 18.4. The smallest absolute Gasteiger partial charge is 0.416 e. The maximum Gasteiger partial charge on any atom is 0.416 e. The Bertz CT molecular complexity index is 729. The molecule has 0 heterocycles. The van der Waals surface area contributed by atoms with E-state index < -0.39 is 11.7 Å². The van der Waals surface area contributed by atoms with Crippen LogP contribution in [0.2, 0.25) is 0 Å². The fourth-order valence-electron chi connectivity index (χ4n) is 2.46. The van der Waals surface area contributed by atoms with Crippen LogP contribution in [0.25, 0.3) is 0 Å². The van der Waals surface area contributed by atoms with Crippen LogP contribution < -0.4 is 4.74 Å². The first-order valence-electron chi connectivity index (χ1n) is 7.92. The number of halogens is 3. The largest absolute Gasteiger partial charge is 0.483 e. The Morgan fingerprint density at radius 3 is 2.28 bits per heavy atom. The highest BCUT2D eigenvalue weighted by Crippen LogP contribution is 2.32. The van der Waals surface area contributed by atoms with Crippen molar-refractivity contribution < 1.29 is 22.7 Å². The van der Waals surface area contributed by atoms with Crippen molar-refractivity contribution in [3.63, 3.8) is 0 Å². The molecule has 2 aromatic rings. The molecule has 0 N–H and O–H groups in total. The number of amides is 1. The summed E-state index contributed by atoms with van der Waals surface area (Å²) in [5.74, 6) is 0.227. The van der Waals surface area contributed by atoms with Crippen molar-refractivity contribution in [3.05, 3.63) is 65.2 Å². The van der Waals surface area contributed by atoms with E-state index in [-0.39, 0.29) is 24.6 Å². The number of likely N-dealkylation sites (N-methyl/N-ethyl adjacent to an activating group) is 1. The number of benzene rings is 2. The second-order valence-corrected chi connectivity index (χ2v) is 5.65. The van der Waals surface area contributed by atoms with E-state index in [0.717, 1.165) is 18.1 Å². The maximum atomic E-state index is 13.0. The number of aryl methyl sites for hydroxylation is 1. The zero-order valence-corrected chi connectivity index (χ0v) is 14.1. The number of carbonyl (C=O) groups excluding carboxylic acids is 1. The van der Waals surface area contributed by atoms with Gasteiger partial charge in [0.05, 0.1) is 5.56 Å². The molecule has 0 saturated heterocycles. The molecule has 0 aliphatic heterocycles. The number of carbonyl (C=O) groups is 1. The average Bonchev–Trinajstić information content (AvgIpc) is 2.59. The van der Waals surface area contributed by atoms with Crippen molar-refractivity contribution >= 4 is 5.91 Å². The van der Waals surface area contributed by atoms with Gasteiger partial charge in [-0.05, 0) is 29.7 Å². The summed E-state index contributed by atoms with van der Waals surface area (Å²) in [6, 6.07) is 12.6. The summed E-state index contributed by atoms with van der Waals surface area (Å²) in [5.41, 5.74) is 0.298. The van der Waals surface area contributed by atoms with E-state index in [1.807, 2.05) is 25.1 Å². The standard InChI is InChI=1S/C19H20F3NO2/c1-3-14-8-5-7-11-17(14)25-13-18(24)23(2)12-15-9-4-6-10-16(15)19(20,21)22/h4-11H,3,12-13H2,1-2H3. The van der Waals surface area contributed by atoms with Gasteiger partial charge in [0.15, 0.2) is 6.61 Å². The molecule has 0 radical (unpaired) electrons. The molecule has 6 heteroatoms. The number of hydrogen-bond donors (Lipinski definition) is 0. The summed E-state index contributed by atoms with van der Waals surface area (Å²) in [6.45, 7) is 1.62.